The lowest BCUT2D eigenvalue weighted by molar-refractivity contribution is -0.143. The molecule has 0 bridgehead atoms. The van der Waals surface area contributed by atoms with Crippen molar-refractivity contribution in [3.8, 4) is 0 Å². The van der Waals surface area contributed by atoms with Crippen LogP contribution in [0.15, 0.2) is 0 Å². The van der Waals surface area contributed by atoms with E-state index in [9.17, 15) is 4.79 Å². The fourth-order valence-corrected chi connectivity index (χ4v) is 2.57. The Morgan fingerprint density at radius 3 is 2.71 bits per heavy atom. The summed E-state index contributed by atoms with van der Waals surface area (Å²) in [5.41, 5.74) is 0.174. The van der Waals surface area contributed by atoms with Gasteiger partial charge in [-0.25, -0.2) is 0 Å². The van der Waals surface area contributed by atoms with Gasteiger partial charge in [-0.05, 0) is 18.8 Å². The third kappa shape index (κ3) is 3.42. The summed E-state index contributed by atoms with van der Waals surface area (Å²) in [6.45, 7) is 6.13. The molecule has 4 heteroatoms. The van der Waals surface area contributed by atoms with E-state index in [1.165, 1.54) is 0 Å². The minimum absolute atomic E-state index is 0.174. The topological polar surface area (TPSA) is 38.8 Å². The summed E-state index contributed by atoms with van der Waals surface area (Å²) < 4.78 is 10.6. The number of carbonyl (C=O) groups is 1. The number of hydrogen-bond donors (Lipinski definition) is 0. The number of hydrogen-bond acceptors (Lipinski definition) is 3. The van der Waals surface area contributed by atoms with Gasteiger partial charge in [0.05, 0.1) is 13.2 Å². The molecule has 1 atom stereocenters. The number of ether oxygens (including phenoxy) is 2. The summed E-state index contributed by atoms with van der Waals surface area (Å²) in [7, 11) is 1.90. The van der Waals surface area contributed by atoms with Gasteiger partial charge in [-0.2, -0.15) is 0 Å². The summed E-state index contributed by atoms with van der Waals surface area (Å²) in [6, 6.07) is 0. The van der Waals surface area contributed by atoms with Crippen molar-refractivity contribution < 1.29 is 14.3 Å². The van der Waals surface area contributed by atoms with Gasteiger partial charge < -0.3 is 14.4 Å². The Kier molecular flexibility index (Phi) is 4.05. The lowest BCUT2D eigenvalue weighted by Gasteiger charge is -2.41. The largest absolute Gasteiger partial charge is 0.381 e. The van der Waals surface area contributed by atoms with Crippen molar-refractivity contribution in [3.05, 3.63) is 0 Å². The van der Waals surface area contributed by atoms with Gasteiger partial charge in [0.1, 0.15) is 0 Å². The van der Waals surface area contributed by atoms with Crippen molar-refractivity contribution in [2.24, 2.45) is 11.3 Å². The third-order valence-electron chi connectivity index (χ3n) is 3.66. The molecule has 0 radical (unpaired) electrons. The SMILES string of the molecule is CN(CC1(C)COC1)C(=O)C[C@H]1CCCOC1. The standard InChI is InChI=1S/C13H23NO3/c1-13(9-17-10-13)8-14(2)12(15)6-11-4-3-5-16-7-11/h11H,3-10H2,1-2H3/t11-/m1/s1. The predicted octanol–water partition coefficient (Wildman–Crippen LogP) is 1.30. The average molecular weight is 241 g/mol. The molecule has 2 rings (SSSR count). The quantitative estimate of drug-likeness (QED) is 0.744. The Labute approximate surface area is 103 Å². The minimum atomic E-state index is 0.174. The van der Waals surface area contributed by atoms with Crippen molar-refractivity contribution in [2.45, 2.75) is 26.2 Å². The van der Waals surface area contributed by atoms with E-state index in [2.05, 4.69) is 6.92 Å². The fourth-order valence-electron chi connectivity index (χ4n) is 2.57. The van der Waals surface area contributed by atoms with Crippen LogP contribution < -0.4 is 0 Å². The van der Waals surface area contributed by atoms with Crippen LogP contribution in [-0.4, -0.2) is 50.8 Å². The maximum atomic E-state index is 12.1. The lowest BCUT2D eigenvalue weighted by atomic mass is 9.88. The van der Waals surface area contributed by atoms with E-state index in [0.29, 0.717) is 12.3 Å². The van der Waals surface area contributed by atoms with Crippen LogP contribution in [0.4, 0.5) is 0 Å². The van der Waals surface area contributed by atoms with E-state index in [-0.39, 0.29) is 11.3 Å². The van der Waals surface area contributed by atoms with Crippen molar-refractivity contribution in [1.29, 1.82) is 0 Å². The summed E-state index contributed by atoms with van der Waals surface area (Å²) in [6.07, 6.45) is 2.85. The highest BCUT2D eigenvalue weighted by Crippen LogP contribution is 2.27. The van der Waals surface area contributed by atoms with Crippen LogP contribution in [-0.2, 0) is 14.3 Å². The van der Waals surface area contributed by atoms with Crippen molar-refractivity contribution in [1.82, 2.24) is 4.90 Å². The van der Waals surface area contributed by atoms with E-state index in [0.717, 1.165) is 45.8 Å². The normalized spacial score (nSPS) is 27.3. The number of amides is 1. The van der Waals surface area contributed by atoms with Gasteiger partial charge in [0.15, 0.2) is 0 Å². The molecule has 0 saturated carbocycles. The zero-order valence-corrected chi connectivity index (χ0v) is 10.9. The molecule has 0 aromatic rings. The molecule has 0 aromatic carbocycles. The van der Waals surface area contributed by atoms with Crippen molar-refractivity contribution >= 4 is 5.91 Å². The Morgan fingerprint density at radius 2 is 2.18 bits per heavy atom. The van der Waals surface area contributed by atoms with Gasteiger partial charge in [-0.3, -0.25) is 4.79 Å². The molecule has 2 aliphatic rings. The van der Waals surface area contributed by atoms with E-state index >= 15 is 0 Å². The molecule has 4 nitrogen and oxygen atoms in total. The number of nitrogens with zero attached hydrogens (tertiary/aromatic N) is 1. The smallest absolute Gasteiger partial charge is 0.222 e. The highest BCUT2D eigenvalue weighted by molar-refractivity contribution is 5.76. The van der Waals surface area contributed by atoms with Gasteiger partial charge in [0.25, 0.3) is 0 Å². The molecule has 0 N–H and O–H groups in total. The molecule has 0 aromatic heterocycles. The molecule has 17 heavy (non-hydrogen) atoms. The lowest BCUT2D eigenvalue weighted by Crippen LogP contribution is -2.49. The Morgan fingerprint density at radius 1 is 1.41 bits per heavy atom. The average Bonchev–Trinajstić information content (AvgIpc) is 2.28. The van der Waals surface area contributed by atoms with Crippen LogP contribution in [0.25, 0.3) is 0 Å². The predicted molar refractivity (Wildman–Crippen MR) is 64.7 cm³/mol. The Bertz CT molecular complexity index is 270. The first-order valence-corrected chi connectivity index (χ1v) is 6.48. The second-order valence-corrected chi connectivity index (χ2v) is 5.84. The maximum Gasteiger partial charge on any atom is 0.222 e. The third-order valence-corrected chi connectivity index (χ3v) is 3.66. The highest BCUT2D eigenvalue weighted by atomic mass is 16.5. The summed E-state index contributed by atoms with van der Waals surface area (Å²) in [5.74, 6) is 0.665. The molecule has 0 spiro atoms. The summed E-state index contributed by atoms with van der Waals surface area (Å²) >= 11 is 0. The summed E-state index contributed by atoms with van der Waals surface area (Å²) in [5, 5.41) is 0. The second-order valence-electron chi connectivity index (χ2n) is 5.84. The van der Waals surface area contributed by atoms with Gasteiger partial charge >= 0.3 is 0 Å². The summed E-state index contributed by atoms with van der Waals surface area (Å²) in [4.78, 5) is 13.9. The van der Waals surface area contributed by atoms with Crippen molar-refractivity contribution in [2.75, 3.05) is 40.0 Å². The fraction of sp³-hybridized carbons (Fsp3) is 0.923. The molecule has 98 valence electrons. The van der Waals surface area contributed by atoms with Crippen LogP contribution in [0.1, 0.15) is 26.2 Å². The Balaban J connectivity index is 1.74. The van der Waals surface area contributed by atoms with Crippen LogP contribution >= 0.6 is 0 Å². The van der Waals surface area contributed by atoms with Gasteiger partial charge in [-0.15, -0.1) is 0 Å². The minimum Gasteiger partial charge on any atom is -0.381 e. The first-order chi connectivity index (χ1) is 8.09. The monoisotopic (exact) mass is 241 g/mol. The van der Waals surface area contributed by atoms with Crippen molar-refractivity contribution in [3.63, 3.8) is 0 Å². The van der Waals surface area contributed by atoms with Crippen LogP contribution in [0.2, 0.25) is 0 Å². The van der Waals surface area contributed by atoms with Crippen LogP contribution in [0, 0.1) is 11.3 Å². The highest BCUT2D eigenvalue weighted by Gasteiger charge is 2.35. The van der Waals surface area contributed by atoms with E-state index in [1.807, 2.05) is 11.9 Å². The maximum absolute atomic E-state index is 12.1. The molecule has 2 heterocycles. The number of carbonyl (C=O) groups excluding carboxylic acids is 1. The first kappa shape index (κ1) is 12.8. The Hall–Kier alpha value is -0.610. The molecule has 0 unspecified atom stereocenters. The zero-order chi connectivity index (χ0) is 12.3. The zero-order valence-electron chi connectivity index (χ0n) is 10.9. The van der Waals surface area contributed by atoms with Crippen LogP contribution in [0.3, 0.4) is 0 Å². The van der Waals surface area contributed by atoms with Gasteiger partial charge in [-0.1, -0.05) is 6.92 Å². The molecule has 1 amide bonds. The van der Waals surface area contributed by atoms with E-state index in [4.69, 9.17) is 9.47 Å². The van der Waals surface area contributed by atoms with E-state index in [1.54, 1.807) is 0 Å². The van der Waals surface area contributed by atoms with E-state index < -0.39 is 0 Å². The van der Waals surface area contributed by atoms with Gasteiger partial charge in [0.2, 0.25) is 5.91 Å². The molecule has 2 aliphatic heterocycles. The first-order valence-electron chi connectivity index (χ1n) is 6.48. The molecule has 2 fully saturated rings. The second kappa shape index (κ2) is 5.36. The van der Waals surface area contributed by atoms with Crippen LogP contribution in [0.5, 0.6) is 0 Å². The molecular weight excluding hydrogens is 218 g/mol. The molecule has 0 aliphatic carbocycles. The molecule has 2 saturated heterocycles. The van der Waals surface area contributed by atoms with Gasteiger partial charge in [0, 0.05) is 38.6 Å². The molecular formula is C13H23NO3. The number of rotatable bonds is 4.